The van der Waals surface area contributed by atoms with Crippen molar-refractivity contribution in [2.45, 2.75) is 20.4 Å². The molecule has 108 valence electrons. The summed E-state index contributed by atoms with van der Waals surface area (Å²) in [4.78, 5) is 5.30. The monoisotopic (exact) mass is 274 g/mol. The number of nitrogens with one attached hydrogen (secondary N) is 1. The molecule has 0 amide bonds. The number of aromatic nitrogens is 1. The Bertz CT molecular complexity index is 535. The van der Waals surface area contributed by atoms with Gasteiger partial charge in [0.2, 0.25) is 0 Å². The molecule has 0 aliphatic rings. The number of hydrogen-bond acceptors (Lipinski definition) is 3. The van der Waals surface area contributed by atoms with Gasteiger partial charge in [0, 0.05) is 30.7 Å². The summed E-state index contributed by atoms with van der Waals surface area (Å²) < 4.78 is 7.19. The van der Waals surface area contributed by atoms with Crippen molar-refractivity contribution in [1.29, 1.82) is 0 Å². The zero-order valence-corrected chi connectivity index (χ0v) is 12.3. The first-order valence-electron chi connectivity index (χ1n) is 6.81. The quantitative estimate of drug-likeness (QED) is 0.623. The van der Waals surface area contributed by atoms with E-state index < -0.39 is 0 Å². The molecule has 1 N–H and O–H groups in total. The summed E-state index contributed by atoms with van der Waals surface area (Å²) in [5.41, 5.74) is 7.86. The topological polar surface area (TPSA) is 35.4 Å². The van der Waals surface area contributed by atoms with Crippen molar-refractivity contribution in [3.8, 4) is 5.69 Å². The zero-order chi connectivity index (χ0) is 14.4. The molecule has 0 radical (unpaired) electrons. The summed E-state index contributed by atoms with van der Waals surface area (Å²) in [5, 5.41) is 0. The first-order chi connectivity index (χ1) is 9.74. The Kier molecular flexibility index (Phi) is 5.35. The predicted octanol–water partition coefficient (Wildman–Crippen LogP) is 2.76. The number of benzene rings is 1. The van der Waals surface area contributed by atoms with Crippen molar-refractivity contribution in [3.63, 3.8) is 0 Å². The van der Waals surface area contributed by atoms with Gasteiger partial charge in [0.1, 0.15) is 0 Å². The SMILES string of the molecule is COCCONCc1cc(C)n(-c2ccccc2)c1C. The highest BCUT2D eigenvalue weighted by atomic mass is 16.7. The lowest BCUT2D eigenvalue weighted by atomic mass is 10.2. The van der Waals surface area contributed by atoms with E-state index in [9.17, 15) is 0 Å². The van der Waals surface area contributed by atoms with Crippen LogP contribution in [0.3, 0.4) is 0 Å². The maximum absolute atomic E-state index is 5.30. The third-order valence-electron chi connectivity index (χ3n) is 3.30. The summed E-state index contributed by atoms with van der Waals surface area (Å²) in [6.45, 7) is 6.08. The molecule has 0 aliphatic heterocycles. The van der Waals surface area contributed by atoms with Crippen LogP contribution < -0.4 is 5.48 Å². The summed E-state index contributed by atoms with van der Waals surface area (Å²) in [7, 11) is 1.66. The fourth-order valence-electron chi connectivity index (χ4n) is 2.31. The average Bonchev–Trinajstić information content (AvgIpc) is 2.74. The number of aryl methyl sites for hydroxylation is 1. The smallest absolute Gasteiger partial charge is 0.0916 e. The van der Waals surface area contributed by atoms with E-state index in [-0.39, 0.29) is 0 Å². The number of hydroxylamine groups is 1. The second kappa shape index (κ2) is 7.24. The number of methoxy groups -OCH3 is 1. The predicted molar refractivity (Wildman–Crippen MR) is 79.9 cm³/mol. The summed E-state index contributed by atoms with van der Waals surface area (Å²) in [6, 6.07) is 12.6. The van der Waals surface area contributed by atoms with E-state index in [2.05, 4.69) is 54.2 Å². The lowest BCUT2D eigenvalue weighted by Crippen LogP contribution is -2.17. The van der Waals surface area contributed by atoms with Gasteiger partial charge in [0.05, 0.1) is 13.2 Å². The first kappa shape index (κ1) is 14.8. The molecule has 0 bridgehead atoms. The zero-order valence-electron chi connectivity index (χ0n) is 12.3. The van der Waals surface area contributed by atoms with Crippen LogP contribution in [0.2, 0.25) is 0 Å². The lowest BCUT2D eigenvalue weighted by molar-refractivity contribution is 0.00340. The minimum atomic E-state index is 0.550. The van der Waals surface area contributed by atoms with Crippen molar-refractivity contribution in [2.75, 3.05) is 20.3 Å². The Morgan fingerprint density at radius 1 is 1.10 bits per heavy atom. The minimum Gasteiger partial charge on any atom is -0.382 e. The van der Waals surface area contributed by atoms with Gasteiger partial charge in [-0.3, -0.25) is 4.84 Å². The van der Waals surface area contributed by atoms with Crippen molar-refractivity contribution < 1.29 is 9.57 Å². The molecule has 0 saturated carbocycles. The van der Waals surface area contributed by atoms with Crippen LogP contribution in [0.1, 0.15) is 17.0 Å². The Balaban J connectivity index is 2.06. The van der Waals surface area contributed by atoms with Gasteiger partial charge in [0.25, 0.3) is 0 Å². The molecule has 2 rings (SSSR count). The van der Waals surface area contributed by atoms with E-state index in [1.165, 1.54) is 22.6 Å². The molecular formula is C16H22N2O2. The van der Waals surface area contributed by atoms with E-state index >= 15 is 0 Å². The van der Waals surface area contributed by atoms with Crippen LogP contribution in [0.4, 0.5) is 0 Å². The van der Waals surface area contributed by atoms with Crippen LogP contribution in [-0.2, 0) is 16.1 Å². The highest BCUT2D eigenvalue weighted by molar-refractivity contribution is 5.40. The number of rotatable bonds is 7. The van der Waals surface area contributed by atoms with Crippen LogP contribution in [0.15, 0.2) is 36.4 Å². The normalized spacial score (nSPS) is 10.9. The molecule has 0 unspecified atom stereocenters. The Morgan fingerprint density at radius 2 is 1.85 bits per heavy atom. The van der Waals surface area contributed by atoms with Crippen LogP contribution in [0, 0.1) is 13.8 Å². The van der Waals surface area contributed by atoms with Gasteiger partial charge in [-0.15, -0.1) is 0 Å². The maximum Gasteiger partial charge on any atom is 0.0916 e. The number of ether oxygens (including phenoxy) is 1. The van der Waals surface area contributed by atoms with Gasteiger partial charge >= 0.3 is 0 Å². The second-order valence-electron chi connectivity index (χ2n) is 4.73. The molecule has 1 aromatic heterocycles. The first-order valence-corrected chi connectivity index (χ1v) is 6.81. The third kappa shape index (κ3) is 3.48. The Morgan fingerprint density at radius 3 is 2.55 bits per heavy atom. The Labute approximate surface area is 120 Å². The molecular weight excluding hydrogens is 252 g/mol. The van der Waals surface area contributed by atoms with Gasteiger partial charge in [0.15, 0.2) is 0 Å². The van der Waals surface area contributed by atoms with Gasteiger partial charge in [-0.2, -0.15) is 5.48 Å². The molecule has 2 aromatic rings. The number of hydrogen-bond donors (Lipinski definition) is 1. The molecule has 4 heteroatoms. The summed E-state index contributed by atoms with van der Waals surface area (Å²) in [6.07, 6.45) is 0. The van der Waals surface area contributed by atoms with E-state index in [0.717, 1.165) is 0 Å². The number of nitrogens with zero attached hydrogens (tertiary/aromatic N) is 1. The van der Waals surface area contributed by atoms with Crippen molar-refractivity contribution in [3.05, 3.63) is 53.3 Å². The van der Waals surface area contributed by atoms with E-state index in [1.807, 2.05) is 6.07 Å². The highest BCUT2D eigenvalue weighted by Gasteiger charge is 2.09. The molecule has 0 fully saturated rings. The molecule has 0 atom stereocenters. The van der Waals surface area contributed by atoms with Crippen molar-refractivity contribution in [1.82, 2.24) is 10.0 Å². The molecule has 1 heterocycles. The molecule has 1 aromatic carbocycles. The fraction of sp³-hybridized carbons (Fsp3) is 0.375. The van der Waals surface area contributed by atoms with E-state index in [1.54, 1.807) is 7.11 Å². The van der Waals surface area contributed by atoms with Crippen LogP contribution in [-0.4, -0.2) is 24.9 Å². The standard InChI is InChI=1S/C16H22N2O2/c1-13-11-15(12-17-20-10-9-19-3)14(2)18(13)16-7-5-4-6-8-16/h4-8,11,17H,9-10,12H2,1-3H3. The molecule has 0 spiro atoms. The molecule has 0 aliphatic carbocycles. The van der Waals surface area contributed by atoms with E-state index in [4.69, 9.17) is 9.57 Å². The average molecular weight is 274 g/mol. The van der Waals surface area contributed by atoms with Crippen molar-refractivity contribution >= 4 is 0 Å². The van der Waals surface area contributed by atoms with Crippen molar-refractivity contribution in [2.24, 2.45) is 0 Å². The minimum absolute atomic E-state index is 0.550. The maximum atomic E-state index is 5.30. The second-order valence-corrected chi connectivity index (χ2v) is 4.73. The molecule has 0 saturated heterocycles. The number of para-hydroxylation sites is 1. The summed E-state index contributed by atoms with van der Waals surface area (Å²) in [5.74, 6) is 0. The molecule has 20 heavy (non-hydrogen) atoms. The fourth-order valence-corrected chi connectivity index (χ4v) is 2.31. The van der Waals surface area contributed by atoms with Gasteiger partial charge in [-0.25, -0.2) is 0 Å². The lowest BCUT2D eigenvalue weighted by Gasteiger charge is -2.10. The highest BCUT2D eigenvalue weighted by Crippen LogP contribution is 2.20. The molecule has 4 nitrogen and oxygen atoms in total. The van der Waals surface area contributed by atoms with Gasteiger partial charge < -0.3 is 9.30 Å². The van der Waals surface area contributed by atoms with Crippen LogP contribution in [0.25, 0.3) is 5.69 Å². The van der Waals surface area contributed by atoms with Gasteiger partial charge in [-0.1, -0.05) is 18.2 Å². The Hall–Kier alpha value is -1.62. The van der Waals surface area contributed by atoms with Gasteiger partial charge in [-0.05, 0) is 37.6 Å². The van der Waals surface area contributed by atoms with Crippen LogP contribution in [0.5, 0.6) is 0 Å². The largest absolute Gasteiger partial charge is 0.382 e. The summed E-state index contributed by atoms with van der Waals surface area (Å²) >= 11 is 0. The van der Waals surface area contributed by atoms with E-state index in [0.29, 0.717) is 19.8 Å². The third-order valence-corrected chi connectivity index (χ3v) is 3.30. The van der Waals surface area contributed by atoms with Crippen LogP contribution >= 0.6 is 0 Å².